The number of halogens is 1. The molecular formula is C22H32FN3O2. The number of amides is 2. The van der Waals surface area contributed by atoms with E-state index in [1.807, 2.05) is 28.8 Å². The van der Waals surface area contributed by atoms with Crippen molar-refractivity contribution in [3.63, 3.8) is 0 Å². The Kier molecular flexibility index (Phi) is 6.08. The van der Waals surface area contributed by atoms with Gasteiger partial charge in [0.25, 0.3) is 0 Å². The van der Waals surface area contributed by atoms with E-state index in [9.17, 15) is 14.0 Å². The van der Waals surface area contributed by atoms with Gasteiger partial charge in [-0.15, -0.1) is 0 Å². The Balaban J connectivity index is 1.66. The topological polar surface area (TPSA) is 43.9 Å². The minimum atomic E-state index is -0.419. The van der Waals surface area contributed by atoms with Crippen LogP contribution in [0.4, 0.5) is 4.39 Å². The molecule has 0 unspecified atom stereocenters. The Labute approximate surface area is 167 Å². The molecule has 5 nitrogen and oxygen atoms in total. The monoisotopic (exact) mass is 389 g/mol. The maximum Gasteiger partial charge on any atom is 0.244 e. The zero-order valence-corrected chi connectivity index (χ0v) is 17.4. The van der Waals surface area contributed by atoms with Crippen LogP contribution in [0.1, 0.15) is 44.7 Å². The summed E-state index contributed by atoms with van der Waals surface area (Å²) in [4.78, 5) is 31.4. The van der Waals surface area contributed by atoms with Gasteiger partial charge >= 0.3 is 0 Å². The molecule has 2 amide bonds. The second kappa shape index (κ2) is 8.19. The summed E-state index contributed by atoms with van der Waals surface area (Å²) in [5.41, 5.74) is 0.822. The van der Waals surface area contributed by atoms with Gasteiger partial charge in [0.05, 0.1) is 0 Å². The number of carbonyl (C=O) groups is 2. The number of hydrogen-bond donors (Lipinski definition) is 0. The fourth-order valence-electron chi connectivity index (χ4n) is 4.60. The average Bonchev–Trinajstić information content (AvgIpc) is 2.91. The Bertz CT molecular complexity index is 709. The first-order chi connectivity index (χ1) is 13.2. The van der Waals surface area contributed by atoms with Gasteiger partial charge in [-0.3, -0.25) is 14.5 Å². The summed E-state index contributed by atoms with van der Waals surface area (Å²) < 4.78 is 13.3. The molecule has 28 heavy (non-hydrogen) atoms. The van der Waals surface area contributed by atoms with Crippen LogP contribution in [0.5, 0.6) is 0 Å². The standard InChI is InChI=1S/C22H32FN3O2/c1-16(2)14-26-15-22(13-19(26)27)9-11-25(12-10-22)21(28)20(24(3)4)17-5-7-18(23)8-6-17/h5-8,16,20H,9-15H2,1-4H3/t20-/m0/s1. The SMILES string of the molecule is CC(C)CN1CC2(CCN(C(=O)[C@H](c3ccc(F)cc3)N(C)C)CC2)CC1=O. The number of rotatable bonds is 5. The first kappa shape index (κ1) is 20.8. The highest BCUT2D eigenvalue weighted by molar-refractivity contribution is 5.83. The fourth-order valence-corrected chi connectivity index (χ4v) is 4.60. The Morgan fingerprint density at radius 2 is 1.79 bits per heavy atom. The van der Waals surface area contributed by atoms with Crippen LogP contribution in [0.2, 0.25) is 0 Å². The first-order valence-electron chi connectivity index (χ1n) is 10.2. The quantitative estimate of drug-likeness (QED) is 0.778. The van der Waals surface area contributed by atoms with E-state index in [0.717, 1.165) is 31.5 Å². The summed E-state index contributed by atoms with van der Waals surface area (Å²) in [6.45, 7) is 7.25. The van der Waals surface area contributed by atoms with Gasteiger partial charge in [-0.25, -0.2) is 4.39 Å². The van der Waals surface area contributed by atoms with Crippen LogP contribution < -0.4 is 0 Å². The van der Waals surface area contributed by atoms with Crippen LogP contribution >= 0.6 is 0 Å². The van der Waals surface area contributed by atoms with Gasteiger partial charge in [0.2, 0.25) is 11.8 Å². The molecule has 0 N–H and O–H groups in total. The van der Waals surface area contributed by atoms with Gasteiger partial charge in [0.15, 0.2) is 0 Å². The van der Waals surface area contributed by atoms with Crippen molar-refractivity contribution in [2.24, 2.45) is 11.3 Å². The van der Waals surface area contributed by atoms with Crippen molar-refractivity contribution in [3.05, 3.63) is 35.6 Å². The molecule has 0 radical (unpaired) electrons. The molecule has 6 heteroatoms. The third kappa shape index (κ3) is 4.37. The van der Waals surface area contributed by atoms with Gasteiger partial charge in [0, 0.05) is 38.0 Å². The molecule has 1 atom stereocenters. The van der Waals surface area contributed by atoms with Gasteiger partial charge in [-0.05, 0) is 50.6 Å². The highest BCUT2D eigenvalue weighted by Crippen LogP contribution is 2.41. The predicted molar refractivity (Wildman–Crippen MR) is 107 cm³/mol. The lowest BCUT2D eigenvalue weighted by atomic mass is 9.77. The van der Waals surface area contributed by atoms with E-state index in [4.69, 9.17) is 0 Å². The van der Waals surface area contributed by atoms with Gasteiger partial charge in [0.1, 0.15) is 11.9 Å². The van der Waals surface area contributed by atoms with Gasteiger partial charge in [-0.1, -0.05) is 26.0 Å². The number of likely N-dealkylation sites (N-methyl/N-ethyl adjacent to an activating group) is 1. The lowest BCUT2D eigenvalue weighted by Gasteiger charge is -2.41. The highest BCUT2D eigenvalue weighted by atomic mass is 19.1. The summed E-state index contributed by atoms with van der Waals surface area (Å²) in [7, 11) is 3.74. The summed E-state index contributed by atoms with van der Waals surface area (Å²) >= 11 is 0. The molecule has 2 aliphatic heterocycles. The average molecular weight is 390 g/mol. The van der Waals surface area contributed by atoms with Crippen molar-refractivity contribution >= 4 is 11.8 Å². The molecule has 2 aliphatic rings. The van der Waals surface area contributed by atoms with Gasteiger partial charge < -0.3 is 9.80 Å². The van der Waals surface area contributed by atoms with Crippen LogP contribution in [0.25, 0.3) is 0 Å². The molecule has 1 spiro atoms. The lowest BCUT2D eigenvalue weighted by Crippen LogP contribution is -2.48. The van der Waals surface area contributed by atoms with E-state index in [2.05, 4.69) is 13.8 Å². The maximum atomic E-state index is 13.3. The number of carbonyl (C=O) groups excluding carboxylic acids is 2. The number of benzene rings is 1. The molecule has 2 fully saturated rings. The largest absolute Gasteiger partial charge is 0.342 e. The normalized spacial score (nSPS) is 20.5. The zero-order valence-electron chi connectivity index (χ0n) is 17.4. The second-order valence-corrected chi connectivity index (χ2v) is 9.09. The Morgan fingerprint density at radius 3 is 2.32 bits per heavy atom. The number of piperidine rings is 1. The summed E-state index contributed by atoms with van der Waals surface area (Å²) in [6.07, 6.45) is 2.34. The molecule has 0 bridgehead atoms. The minimum absolute atomic E-state index is 0.0201. The van der Waals surface area contributed by atoms with Crippen LogP contribution in [0.15, 0.2) is 24.3 Å². The van der Waals surface area contributed by atoms with Crippen molar-refractivity contribution in [2.45, 2.75) is 39.2 Å². The summed E-state index contributed by atoms with van der Waals surface area (Å²) in [6, 6.07) is 5.75. The molecule has 0 aromatic heterocycles. The molecule has 154 valence electrons. The van der Waals surface area contributed by atoms with E-state index in [1.54, 1.807) is 12.1 Å². The number of nitrogens with zero attached hydrogens (tertiary/aromatic N) is 3. The van der Waals surface area contributed by atoms with Crippen molar-refractivity contribution in [1.82, 2.24) is 14.7 Å². The van der Waals surface area contributed by atoms with Crippen LogP contribution in [-0.4, -0.2) is 66.8 Å². The Morgan fingerprint density at radius 1 is 1.18 bits per heavy atom. The van der Waals surface area contributed by atoms with E-state index in [0.29, 0.717) is 25.4 Å². The van der Waals surface area contributed by atoms with Crippen LogP contribution in [0.3, 0.4) is 0 Å². The van der Waals surface area contributed by atoms with E-state index < -0.39 is 6.04 Å². The lowest BCUT2D eigenvalue weighted by molar-refractivity contribution is -0.138. The van der Waals surface area contributed by atoms with Crippen LogP contribution in [-0.2, 0) is 9.59 Å². The predicted octanol–water partition coefficient (Wildman–Crippen LogP) is 2.93. The van der Waals surface area contributed by atoms with E-state index in [1.165, 1.54) is 12.1 Å². The van der Waals surface area contributed by atoms with E-state index in [-0.39, 0.29) is 23.0 Å². The van der Waals surface area contributed by atoms with Crippen molar-refractivity contribution in [3.8, 4) is 0 Å². The molecule has 2 saturated heterocycles. The number of hydrogen-bond acceptors (Lipinski definition) is 3. The third-order valence-corrected chi connectivity index (χ3v) is 6.06. The molecule has 1 aromatic rings. The summed E-state index contributed by atoms with van der Waals surface area (Å²) in [5.74, 6) is 0.476. The smallest absolute Gasteiger partial charge is 0.244 e. The van der Waals surface area contributed by atoms with Crippen molar-refractivity contribution in [2.75, 3.05) is 40.3 Å². The molecule has 0 aliphatic carbocycles. The highest BCUT2D eigenvalue weighted by Gasteiger charge is 2.46. The summed E-state index contributed by atoms with van der Waals surface area (Å²) in [5, 5.41) is 0. The van der Waals surface area contributed by atoms with E-state index >= 15 is 0 Å². The molecule has 3 rings (SSSR count). The minimum Gasteiger partial charge on any atom is -0.342 e. The van der Waals surface area contributed by atoms with Gasteiger partial charge in [-0.2, -0.15) is 0 Å². The molecule has 0 saturated carbocycles. The molecular weight excluding hydrogens is 357 g/mol. The maximum absolute atomic E-state index is 13.3. The van der Waals surface area contributed by atoms with Crippen LogP contribution in [0, 0.1) is 17.2 Å². The van der Waals surface area contributed by atoms with Crippen molar-refractivity contribution in [1.29, 1.82) is 0 Å². The first-order valence-corrected chi connectivity index (χ1v) is 10.2. The number of likely N-dealkylation sites (tertiary alicyclic amines) is 2. The Hall–Kier alpha value is -1.95. The molecule has 2 heterocycles. The van der Waals surface area contributed by atoms with Crippen molar-refractivity contribution < 1.29 is 14.0 Å². The fraction of sp³-hybridized carbons (Fsp3) is 0.636. The zero-order chi connectivity index (χ0) is 20.5. The second-order valence-electron chi connectivity index (χ2n) is 9.09. The molecule has 1 aromatic carbocycles. The third-order valence-electron chi connectivity index (χ3n) is 6.06.